The van der Waals surface area contributed by atoms with Gasteiger partial charge in [0.2, 0.25) is 0 Å². The van der Waals surface area contributed by atoms with Crippen molar-refractivity contribution in [2.24, 2.45) is 5.73 Å². The van der Waals surface area contributed by atoms with Crippen LogP contribution in [0.4, 0.5) is 0 Å². The molecule has 3 nitrogen and oxygen atoms in total. The van der Waals surface area contributed by atoms with Crippen molar-refractivity contribution in [2.75, 3.05) is 0 Å². The van der Waals surface area contributed by atoms with E-state index in [0.717, 1.165) is 12.8 Å². The van der Waals surface area contributed by atoms with Crippen molar-refractivity contribution < 1.29 is 9.90 Å². The maximum Gasteiger partial charge on any atom is 0.321 e. The molecular weight excluding hydrogens is 210 g/mol. The smallest absolute Gasteiger partial charge is 0.321 e. The summed E-state index contributed by atoms with van der Waals surface area (Å²) in [5, 5.41) is 9.31. The first-order chi connectivity index (χ1) is 6.93. The second-order valence-corrected chi connectivity index (χ2v) is 6.33. The molecule has 0 aromatic rings. The Labute approximate surface area is 95.1 Å². The Morgan fingerprint density at radius 3 is 2.80 bits per heavy atom. The lowest BCUT2D eigenvalue weighted by molar-refractivity contribution is -0.139. The quantitative estimate of drug-likeness (QED) is 0.724. The van der Waals surface area contributed by atoms with Crippen molar-refractivity contribution in [3.05, 3.63) is 12.2 Å². The van der Waals surface area contributed by atoms with E-state index in [9.17, 15) is 4.79 Å². The minimum Gasteiger partial charge on any atom is -0.480 e. The average molecular weight is 229 g/mol. The molecule has 0 saturated heterocycles. The summed E-state index contributed by atoms with van der Waals surface area (Å²) in [6.07, 6.45) is 7.79. The number of nitrogens with two attached hydrogens (primary N) is 1. The van der Waals surface area contributed by atoms with E-state index < -0.39 is 16.8 Å². The molecule has 0 aliphatic heterocycles. The van der Waals surface area contributed by atoms with Gasteiger partial charge in [0.25, 0.3) is 0 Å². The summed E-state index contributed by atoms with van der Waals surface area (Å²) < 4.78 is -0.418. The molecular formula is C11H19NO2S. The first kappa shape index (κ1) is 12.6. The van der Waals surface area contributed by atoms with Crippen LogP contribution >= 0.6 is 11.8 Å². The number of thioether (sulfide) groups is 1. The first-order valence-corrected chi connectivity index (χ1v) is 6.14. The molecule has 86 valence electrons. The number of carbonyl (C=O) groups is 1. The third kappa shape index (κ3) is 3.54. The van der Waals surface area contributed by atoms with Crippen molar-refractivity contribution in [1.82, 2.24) is 0 Å². The lowest BCUT2D eigenvalue weighted by Gasteiger charge is -2.32. The maximum absolute atomic E-state index is 10.8. The van der Waals surface area contributed by atoms with Gasteiger partial charge < -0.3 is 10.8 Å². The molecule has 1 unspecified atom stereocenters. The molecule has 1 aliphatic rings. The fourth-order valence-electron chi connectivity index (χ4n) is 1.64. The van der Waals surface area contributed by atoms with Crippen LogP contribution in [0.2, 0.25) is 0 Å². The summed E-state index contributed by atoms with van der Waals surface area (Å²) in [7, 11) is 0. The van der Waals surface area contributed by atoms with Crippen LogP contribution in [0.5, 0.6) is 0 Å². The Kier molecular flexibility index (Phi) is 4.22. The van der Waals surface area contributed by atoms with E-state index in [-0.39, 0.29) is 0 Å². The highest BCUT2D eigenvalue weighted by atomic mass is 32.2. The molecule has 2 atom stereocenters. The van der Waals surface area contributed by atoms with E-state index in [2.05, 4.69) is 12.2 Å². The predicted octanol–water partition coefficient (Wildman–Crippen LogP) is 2.02. The van der Waals surface area contributed by atoms with Gasteiger partial charge in [0.05, 0.1) is 0 Å². The maximum atomic E-state index is 10.8. The van der Waals surface area contributed by atoms with Crippen LogP contribution in [0.25, 0.3) is 0 Å². The summed E-state index contributed by atoms with van der Waals surface area (Å²) in [4.78, 5) is 10.8. The van der Waals surface area contributed by atoms with E-state index in [1.165, 1.54) is 6.42 Å². The zero-order valence-corrected chi connectivity index (χ0v) is 10.1. The summed E-state index contributed by atoms with van der Waals surface area (Å²) in [6.45, 7) is 3.80. The largest absolute Gasteiger partial charge is 0.480 e. The number of hydrogen-bond acceptors (Lipinski definition) is 3. The van der Waals surface area contributed by atoms with Gasteiger partial charge in [0.1, 0.15) is 6.04 Å². The van der Waals surface area contributed by atoms with Crippen molar-refractivity contribution in [2.45, 2.75) is 49.1 Å². The summed E-state index contributed by atoms with van der Waals surface area (Å²) in [6, 6.07) is -0.808. The van der Waals surface area contributed by atoms with Crippen LogP contribution in [0.15, 0.2) is 12.2 Å². The summed E-state index contributed by atoms with van der Waals surface area (Å²) in [5.74, 6) is -0.924. The van der Waals surface area contributed by atoms with Crippen LogP contribution in [0.1, 0.15) is 33.1 Å². The zero-order chi connectivity index (χ0) is 11.5. The third-order valence-corrected chi connectivity index (χ3v) is 4.24. The van der Waals surface area contributed by atoms with Gasteiger partial charge in [-0.15, -0.1) is 11.8 Å². The Hall–Kier alpha value is -0.480. The Morgan fingerprint density at radius 2 is 2.33 bits per heavy atom. The number of hydrogen-bond donors (Lipinski definition) is 2. The molecule has 0 aromatic carbocycles. The summed E-state index contributed by atoms with van der Waals surface area (Å²) in [5.41, 5.74) is 5.67. The van der Waals surface area contributed by atoms with Gasteiger partial charge in [-0.2, -0.15) is 0 Å². The molecule has 0 bridgehead atoms. The molecule has 0 heterocycles. The number of carboxylic acids is 1. The van der Waals surface area contributed by atoms with E-state index >= 15 is 0 Å². The molecule has 0 spiro atoms. The number of allylic oxidation sites excluding steroid dienone is 1. The van der Waals surface area contributed by atoms with Crippen LogP contribution in [-0.2, 0) is 4.79 Å². The van der Waals surface area contributed by atoms with E-state index in [4.69, 9.17) is 10.8 Å². The molecule has 15 heavy (non-hydrogen) atoms. The van der Waals surface area contributed by atoms with Gasteiger partial charge in [-0.3, -0.25) is 4.79 Å². The minimum atomic E-state index is -0.924. The average Bonchev–Trinajstić information content (AvgIpc) is 2.17. The molecule has 0 amide bonds. The highest BCUT2D eigenvalue weighted by Gasteiger charge is 2.34. The normalized spacial score (nSPS) is 23.8. The van der Waals surface area contributed by atoms with Gasteiger partial charge in [-0.25, -0.2) is 0 Å². The van der Waals surface area contributed by atoms with Crippen LogP contribution in [0.3, 0.4) is 0 Å². The number of aliphatic carboxylic acids is 1. The van der Waals surface area contributed by atoms with Gasteiger partial charge in [-0.05, 0) is 33.1 Å². The lowest BCUT2D eigenvalue weighted by Crippen LogP contribution is -2.47. The lowest BCUT2D eigenvalue weighted by atomic mass is 10.0. The zero-order valence-electron chi connectivity index (χ0n) is 9.27. The number of carboxylic acid groups (broad SMARTS) is 1. The van der Waals surface area contributed by atoms with Gasteiger partial charge in [0, 0.05) is 10.00 Å². The third-order valence-electron chi connectivity index (χ3n) is 2.68. The van der Waals surface area contributed by atoms with Crippen molar-refractivity contribution in [3.8, 4) is 0 Å². The fraction of sp³-hybridized carbons (Fsp3) is 0.727. The van der Waals surface area contributed by atoms with Crippen molar-refractivity contribution in [3.63, 3.8) is 0 Å². The van der Waals surface area contributed by atoms with Crippen molar-refractivity contribution in [1.29, 1.82) is 0 Å². The Balaban J connectivity index is 2.58. The van der Waals surface area contributed by atoms with E-state index in [1.54, 1.807) is 11.8 Å². The molecule has 3 N–H and O–H groups in total. The number of rotatable bonds is 4. The monoisotopic (exact) mass is 229 g/mol. The Morgan fingerprint density at radius 1 is 1.67 bits per heavy atom. The molecule has 4 heteroatoms. The van der Waals surface area contributed by atoms with E-state index in [1.807, 2.05) is 13.8 Å². The van der Waals surface area contributed by atoms with Gasteiger partial charge in [-0.1, -0.05) is 12.2 Å². The standard InChI is InChI=1S/C11H19NO2S/c1-11(2,9(12)10(13)14)15-8-6-4-3-5-7-8/h4,6,8-9H,3,5,7,12H2,1-2H3,(H,13,14)/t8?,9-/m0/s1. The summed E-state index contributed by atoms with van der Waals surface area (Å²) >= 11 is 1.67. The van der Waals surface area contributed by atoms with Gasteiger partial charge in [0.15, 0.2) is 0 Å². The van der Waals surface area contributed by atoms with Crippen LogP contribution in [0, 0.1) is 0 Å². The van der Waals surface area contributed by atoms with Gasteiger partial charge >= 0.3 is 5.97 Å². The van der Waals surface area contributed by atoms with Crippen molar-refractivity contribution >= 4 is 17.7 Å². The molecule has 1 aliphatic carbocycles. The molecule has 0 aromatic heterocycles. The second-order valence-electron chi connectivity index (χ2n) is 4.43. The Bertz CT molecular complexity index is 263. The highest BCUT2D eigenvalue weighted by Crippen LogP contribution is 2.35. The van der Waals surface area contributed by atoms with Crippen LogP contribution < -0.4 is 5.73 Å². The van der Waals surface area contributed by atoms with E-state index in [0.29, 0.717) is 5.25 Å². The first-order valence-electron chi connectivity index (χ1n) is 5.26. The molecule has 0 saturated carbocycles. The molecule has 0 radical (unpaired) electrons. The molecule has 1 rings (SSSR count). The molecule has 0 fully saturated rings. The fourth-order valence-corrected chi connectivity index (χ4v) is 3.14. The minimum absolute atomic E-state index is 0.416. The second kappa shape index (κ2) is 5.03. The SMILES string of the molecule is CC(C)(SC1C=CCCC1)[C@@H](N)C(=O)O. The van der Waals surface area contributed by atoms with Crippen LogP contribution in [-0.4, -0.2) is 27.1 Å². The topological polar surface area (TPSA) is 63.3 Å². The predicted molar refractivity (Wildman–Crippen MR) is 64.1 cm³/mol. The highest BCUT2D eigenvalue weighted by molar-refractivity contribution is 8.01.